The van der Waals surface area contributed by atoms with Crippen LogP contribution in [0.5, 0.6) is 0 Å². The molecule has 0 spiro atoms. The highest BCUT2D eigenvalue weighted by molar-refractivity contribution is 4.97. The summed E-state index contributed by atoms with van der Waals surface area (Å²) in [6.07, 6.45) is 4.91. The Hall–Kier alpha value is -0.640. The van der Waals surface area contributed by atoms with Gasteiger partial charge in [0.05, 0.1) is 0 Å². The normalized spacial score (nSPS) is 8.92. The molecule has 0 radical (unpaired) electrons. The topological polar surface area (TPSA) is 3.24 Å². The van der Waals surface area contributed by atoms with Crippen LogP contribution in [0, 0.1) is 12.0 Å². The van der Waals surface area contributed by atoms with Gasteiger partial charge in [-0.15, -0.1) is 0 Å². The van der Waals surface area contributed by atoms with Crippen LogP contribution in [0.1, 0.15) is 46.5 Å². The second-order valence-electron chi connectivity index (χ2n) is 2.92. The summed E-state index contributed by atoms with van der Waals surface area (Å²) in [5.41, 5.74) is 0. The van der Waals surface area contributed by atoms with Crippen LogP contribution in [0.15, 0.2) is 0 Å². The minimum atomic E-state index is 1.04. The number of unbranched alkanes of at least 4 members (excludes halogenated alkanes) is 3. The third kappa shape index (κ3) is 6.09. The first-order valence-electron chi connectivity index (χ1n) is 5.08. The first-order chi connectivity index (χ1) is 5.85. The highest BCUT2D eigenvalue weighted by atomic mass is 15.1. The Balaban J connectivity index is 3.42. The molecule has 0 aromatic carbocycles. The molecule has 0 saturated carbocycles. The van der Waals surface area contributed by atoms with Gasteiger partial charge in [0.15, 0.2) is 0 Å². The van der Waals surface area contributed by atoms with Crippen molar-refractivity contribution in [2.45, 2.75) is 46.5 Å². The molecule has 0 fully saturated rings. The Bertz CT molecular complexity index is 137. The molecule has 0 aliphatic carbocycles. The molecule has 0 aromatic rings. The SMILES string of the molecule is CCCCCC#CN(CC)CC. The molecule has 70 valence electrons. The molecule has 0 aromatic heterocycles. The molecule has 0 N–H and O–H groups in total. The van der Waals surface area contributed by atoms with Crippen LogP contribution in [0.25, 0.3) is 0 Å². The van der Waals surface area contributed by atoms with E-state index in [1.807, 2.05) is 0 Å². The van der Waals surface area contributed by atoms with E-state index >= 15 is 0 Å². The fraction of sp³-hybridized carbons (Fsp3) is 0.818. The fourth-order valence-electron chi connectivity index (χ4n) is 1.01. The lowest BCUT2D eigenvalue weighted by Gasteiger charge is -2.10. The molecule has 1 nitrogen and oxygen atoms in total. The van der Waals surface area contributed by atoms with E-state index in [0.29, 0.717) is 0 Å². The van der Waals surface area contributed by atoms with Gasteiger partial charge in [-0.05, 0) is 20.3 Å². The second kappa shape index (κ2) is 8.46. The Morgan fingerprint density at radius 1 is 1.00 bits per heavy atom. The van der Waals surface area contributed by atoms with Crippen molar-refractivity contribution in [3.05, 3.63) is 0 Å². The minimum absolute atomic E-state index is 1.04. The quantitative estimate of drug-likeness (QED) is 0.346. The van der Waals surface area contributed by atoms with Gasteiger partial charge in [-0.3, -0.25) is 0 Å². The Morgan fingerprint density at radius 2 is 1.67 bits per heavy atom. The maximum atomic E-state index is 3.20. The van der Waals surface area contributed by atoms with Crippen LogP contribution in [-0.2, 0) is 0 Å². The number of rotatable bonds is 5. The van der Waals surface area contributed by atoms with Crippen LogP contribution in [0.2, 0.25) is 0 Å². The first kappa shape index (κ1) is 11.4. The molecule has 0 heterocycles. The van der Waals surface area contributed by atoms with E-state index in [1.165, 1.54) is 19.3 Å². The summed E-state index contributed by atoms with van der Waals surface area (Å²) >= 11 is 0. The summed E-state index contributed by atoms with van der Waals surface area (Å²) < 4.78 is 0. The van der Waals surface area contributed by atoms with Gasteiger partial charge >= 0.3 is 0 Å². The Labute approximate surface area is 77.1 Å². The highest BCUT2D eigenvalue weighted by Crippen LogP contribution is 1.96. The summed E-state index contributed by atoms with van der Waals surface area (Å²) in [6.45, 7) is 8.58. The second-order valence-corrected chi connectivity index (χ2v) is 2.92. The molecule has 0 saturated heterocycles. The van der Waals surface area contributed by atoms with Gasteiger partial charge in [-0.25, -0.2) is 0 Å². The van der Waals surface area contributed by atoms with Gasteiger partial charge in [0, 0.05) is 25.6 Å². The van der Waals surface area contributed by atoms with Crippen LogP contribution in [-0.4, -0.2) is 18.0 Å². The lowest BCUT2D eigenvalue weighted by molar-refractivity contribution is 0.443. The van der Waals surface area contributed by atoms with Crippen molar-refractivity contribution >= 4 is 0 Å². The van der Waals surface area contributed by atoms with Crippen molar-refractivity contribution < 1.29 is 0 Å². The smallest absolute Gasteiger partial charge is 0.0232 e. The first-order valence-corrected chi connectivity index (χ1v) is 5.08. The molecule has 1 heteroatoms. The molecule has 0 bridgehead atoms. The molecule has 0 aliphatic rings. The van der Waals surface area contributed by atoms with E-state index in [-0.39, 0.29) is 0 Å². The van der Waals surface area contributed by atoms with Crippen LogP contribution < -0.4 is 0 Å². The Kier molecular flexibility index (Phi) is 8.01. The van der Waals surface area contributed by atoms with Gasteiger partial charge in [0.1, 0.15) is 0 Å². The number of hydrogen-bond acceptors (Lipinski definition) is 1. The van der Waals surface area contributed by atoms with E-state index in [0.717, 1.165) is 19.5 Å². The molecule has 0 aliphatic heterocycles. The average molecular weight is 167 g/mol. The zero-order valence-electron chi connectivity index (χ0n) is 8.69. The third-order valence-electron chi connectivity index (χ3n) is 1.91. The van der Waals surface area contributed by atoms with Crippen molar-refractivity contribution in [1.82, 2.24) is 4.90 Å². The maximum Gasteiger partial charge on any atom is 0.0232 e. The number of nitrogens with zero attached hydrogens (tertiary/aromatic N) is 1. The van der Waals surface area contributed by atoms with E-state index in [1.54, 1.807) is 0 Å². The molecule has 0 atom stereocenters. The van der Waals surface area contributed by atoms with E-state index in [9.17, 15) is 0 Å². The zero-order chi connectivity index (χ0) is 9.23. The van der Waals surface area contributed by atoms with E-state index in [4.69, 9.17) is 0 Å². The largest absolute Gasteiger partial charge is 0.333 e. The molecule has 0 unspecified atom stereocenters. The van der Waals surface area contributed by atoms with E-state index < -0.39 is 0 Å². The lowest BCUT2D eigenvalue weighted by atomic mass is 10.2. The van der Waals surface area contributed by atoms with Crippen molar-refractivity contribution in [3.8, 4) is 12.0 Å². The summed E-state index contributed by atoms with van der Waals surface area (Å²) in [7, 11) is 0. The predicted octanol–water partition coefficient (Wildman–Crippen LogP) is 2.87. The van der Waals surface area contributed by atoms with E-state index in [2.05, 4.69) is 37.6 Å². The zero-order valence-corrected chi connectivity index (χ0v) is 8.69. The number of hydrogen-bond donors (Lipinski definition) is 0. The maximum absolute atomic E-state index is 3.20. The van der Waals surface area contributed by atoms with Crippen molar-refractivity contribution in [3.63, 3.8) is 0 Å². The third-order valence-corrected chi connectivity index (χ3v) is 1.91. The fourth-order valence-corrected chi connectivity index (χ4v) is 1.01. The summed E-state index contributed by atoms with van der Waals surface area (Å²) in [4.78, 5) is 2.14. The average Bonchev–Trinajstić information content (AvgIpc) is 2.11. The van der Waals surface area contributed by atoms with Crippen LogP contribution >= 0.6 is 0 Å². The van der Waals surface area contributed by atoms with Crippen LogP contribution in [0.3, 0.4) is 0 Å². The standard InChI is InChI=1S/C11H21N/c1-4-7-8-9-10-11-12(5-2)6-3/h4-9H2,1-3H3. The summed E-state index contributed by atoms with van der Waals surface area (Å²) in [6, 6.07) is 3.16. The van der Waals surface area contributed by atoms with Gasteiger partial charge in [0.25, 0.3) is 0 Å². The molecular formula is C11H21N. The molecule has 0 amide bonds. The minimum Gasteiger partial charge on any atom is -0.333 e. The van der Waals surface area contributed by atoms with Gasteiger partial charge in [-0.2, -0.15) is 0 Å². The highest BCUT2D eigenvalue weighted by Gasteiger charge is 1.87. The molecule has 0 rings (SSSR count). The monoisotopic (exact) mass is 167 g/mol. The van der Waals surface area contributed by atoms with Crippen LogP contribution in [0.4, 0.5) is 0 Å². The van der Waals surface area contributed by atoms with Gasteiger partial charge in [-0.1, -0.05) is 25.7 Å². The summed E-state index contributed by atoms with van der Waals surface area (Å²) in [5, 5.41) is 0. The van der Waals surface area contributed by atoms with Gasteiger partial charge < -0.3 is 4.90 Å². The molecular weight excluding hydrogens is 146 g/mol. The summed E-state index contributed by atoms with van der Waals surface area (Å²) in [5.74, 6) is 3.20. The Morgan fingerprint density at radius 3 is 2.17 bits per heavy atom. The van der Waals surface area contributed by atoms with Crippen molar-refractivity contribution in [2.75, 3.05) is 13.1 Å². The lowest BCUT2D eigenvalue weighted by Crippen LogP contribution is -2.15. The van der Waals surface area contributed by atoms with Crippen molar-refractivity contribution in [2.24, 2.45) is 0 Å². The molecule has 12 heavy (non-hydrogen) atoms. The van der Waals surface area contributed by atoms with Gasteiger partial charge in [0.2, 0.25) is 0 Å². The predicted molar refractivity (Wildman–Crippen MR) is 54.8 cm³/mol. The van der Waals surface area contributed by atoms with Crippen molar-refractivity contribution in [1.29, 1.82) is 0 Å².